The number of aliphatic hydroxyl groups excluding tert-OH is 1. The van der Waals surface area contributed by atoms with Crippen LogP contribution in [0.3, 0.4) is 0 Å². The average molecular weight is 1240 g/mol. The Hall–Kier alpha value is -1.71. The van der Waals surface area contributed by atoms with Gasteiger partial charge in [-0.3, -0.25) is 0 Å². The van der Waals surface area contributed by atoms with Gasteiger partial charge in [-0.1, -0.05) is 0 Å². The van der Waals surface area contributed by atoms with Gasteiger partial charge in [-0.25, -0.2) is 0 Å². The van der Waals surface area contributed by atoms with Crippen LogP contribution in [0.4, 0.5) is 0 Å². The fourth-order valence-electron chi connectivity index (χ4n) is 12.7. The summed E-state index contributed by atoms with van der Waals surface area (Å²) in [5.74, 6) is 0. The molecule has 31 heteroatoms. The van der Waals surface area contributed by atoms with Crippen molar-refractivity contribution in [2.45, 2.75) is 190 Å². The lowest BCUT2D eigenvalue weighted by molar-refractivity contribution is -0.410. The largest absolute Gasteiger partial charge is 0.382 e. The molecule has 1 N–H and O–H groups in total. The van der Waals surface area contributed by atoms with Gasteiger partial charge in [0.05, 0.1) is 39.1 Å². The van der Waals surface area contributed by atoms with Gasteiger partial charge < -0.3 is 142 Å². The number of nitriles is 1. The van der Waals surface area contributed by atoms with Crippen LogP contribution in [0, 0.1) is 11.3 Å². The van der Waals surface area contributed by atoms with Gasteiger partial charge in [0.25, 0.3) is 0 Å². The molecular formula is C54H93NO30. The quantitative estimate of drug-likeness (QED) is 0.108. The molecule has 0 unspecified atom stereocenters. The van der Waals surface area contributed by atoms with Crippen molar-refractivity contribution >= 4 is 0 Å². The van der Waals surface area contributed by atoms with Crippen LogP contribution in [0.5, 0.6) is 0 Å². The van der Waals surface area contributed by atoms with Gasteiger partial charge in [-0.15, -0.1) is 0 Å². The van der Waals surface area contributed by atoms with E-state index < -0.39 is 190 Å². The first kappa shape index (κ1) is 70.7. The number of nitrogens with zero attached hydrogens (tertiary/aromatic N) is 1. The minimum absolute atomic E-state index is 0.0271. The number of aliphatic hydroxyl groups is 1. The van der Waals surface area contributed by atoms with Gasteiger partial charge in [0.1, 0.15) is 146 Å². The van der Waals surface area contributed by atoms with Crippen LogP contribution < -0.4 is 0 Å². The zero-order valence-electron chi connectivity index (χ0n) is 51.7. The zero-order valence-corrected chi connectivity index (χ0v) is 51.7. The van der Waals surface area contributed by atoms with Crippen molar-refractivity contribution < 1.29 is 142 Å². The molecule has 0 spiro atoms. The number of rotatable bonds is 23. The zero-order chi connectivity index (χ0) is 61.6. The van der Waals surface area contributed by atoms with Crippen molar-refractivity contribution in [1.29, 1.82) is 5.26 Å². The van der Waals surface area contributed by atoms with Crippen LogP contribution in [0.1, 0.15) is 0 Å². The van der Waals surface area contributed by atoms with Crippen LogP contribution >= 0.6 is 0 Å². The van der Waals surface area contributed by atoms with Crippen LogP contribution in [0.15, 0.2) is 0 Å². The lowest BCUT2D eigenvalue weighted by Gasteiger charge is -2.53. The Balaban J connectivity index is 1.36. The van der Waals surface area contributed by atoms with Crippen molar-refractivity contribution in [3.8, 4) is 6.07 Å². The highest BCUT2D eigenvalue weighted by molar-refractivity contribution is 5.06. The Morgan fingerprint density at radius 2 is 0.447 bits per heavy atom. The molecular weight excluding hydrogens is 1140 g/mol. The first-order valence-electron chi connectivity index (χ1n) is 28.0. The van der Waals surface area contributed by atoms with Gasteiger partial charge in [-0.05, 0) is 0 Å². The third-order valence-corrected chi connectivity index (χ3v) is 16.6. The standard InChI is InChI=1S/C54H93NO30/c1-57-19-25-31-36(62-6)43(68-12)49(74-25)81-32-26(20-58-2)76-51(45(70-14)37(32)63-7)83-34-28(22-60-4)78-53(47(72-16)39(34)65-9)85-42-30(24(56)18-55)79-54(48(73-17)41(42)67-11)84-35-29(23-61-5)77-52(46(71-15)40(35)66-10)82-33-27(21-59-3)75-50(80-31)44(69-13)38(33)64-8/h24-54,56H,19-23H2,1-17H3/t24-,25+,26+,27+,28+,29+,30+,31+,32+,33+,34+,35+,36-,37-,38-,39-,40-,41-,42+,43+,44+,45+,46+,47+,48+,49+,50+,51+,52+,53+,54+/m0/s1. The van der Waals surface area contributed by atoms with Crippen LogP contribution in [-0.4, -0.2) is 349 Å². The fourth-order valence-corrected chi connectivity index (χ4v) is 12.7. The summed E-state index contributed by atoms with van der Waals surface area (Å²) in [5, 5.41) is 22.0. The maximum atomic E-state index is 11.6. The molecule has 31 nitrogen and oxygen atoms in total. The van der Waals surface area contributed by atoms with E-state index in [1.807, 2.05) is 6.07 Å². The Kier molecular flexibility index (Phi) is 28.4. The monoisotopic (exact) mass is 1240 g/mol. The highest BCUT2D eigenvalue weighted by atomic mass is 16.8. The summed E-state index contributed by atoms with van der Waals surface area (Å²) >= 11 is 0. The van der Waals surface area contributed by atoms with E-state index in [1.165, 1.54) is 121 Å². The molecule has 22 rings (SSSR count). The molecule has 22 saturated heterocycles. The van der Waals surface area contributed by atoms with E-state index in [1.54, 1.807) is 0 Å². The normalized spacial score (nSPS) is 45.9. The van der Waals surface area contributed by atoms with Crippen molar-refractivity contribution in [2.75, 3.05) is 154 Å². The molecule has 12 bridgehead atoms. The topological polar surface area (TPSA) is 312 Å². The summed E-state index contributed by atoms with van der Waals surface area (Å²) in [6.45, 7) is -0.289. The van der Waals surface area contributed by atoms with E-state index in [2.05, 4.69) is 0 Å². The summed E-state index contributed by atoms with van der Waals surface area (Å²) < 4.78 is 185. The van der Waals surface area contributed by atoms with Gasteiger partial charge in [-0.2, -0.15) is 5.26 Å². The number of ether oxygens (including phenoxy) is 29. The second-order valence-electron chi connectivity index (χ2n) is 21.0. The fraction of sp³-hybridized carbons (Fsp3) is 0.981. The molecule has 0 radical (unpaired) electrons. The number of methoxy groups -OCH3 is 17. The van der Waals surface area contributed by atoms with Gasteiger partial charge in [0.15, 0.2) is 43.8 Å². The predicted molar refractivity (Wildman–Crippen MR) is 282 cm³/mol. The molecule has 0 aromatic heterocycles. The lowest BCUT2D eigenvalue weighted by Crippen LogP contribution is -2.70. The molecule has 31 atom stereocenters. The van der Waals surface area contributed by atoms with Gasteiger partial charge in [0, 0.05) is 121 Å². The van der Waals surface area contributed by atoms with E-state index in [0.29, 0.717) is 0 Å². The van der Waals surface area contributed by atoms with Crippen LogP contribution in [0.25, 0.3) is 0 Å². The Morgan fingerprint density at radius 3 is 0.624 bits per heavy atom. The summed E-state index contributed by atoms with van der Waals surface area (Å²) in [5.41, 5.74) is 0. The molecule has 22 fully saturated rings. The van der Waals surface area contributed by atoms with Gasteiger partial charge >= 0.3 is 0 Å². The van der Waals surface area contributed by atoms with E-state index in [0.717, 1.165) is 0 Å². The van der Waals surface area contributed by atoms with Crippen molar-refractivity contribution in [2.24, 2.45) is 0 Å². The molecule has 0 amide bonds. The molecule has 22 heterocycles. The minimum Gasteiger partial charge on any atom is -0.382 e. The van der Waals surface area contributed by atoms with E-state index in [4.69, 9.17) is 137 Å². The highest BCUT2D eigenvalue weighted by Crippen LogP contribution is 2.42. The maximum absolute atomic E-state index is 11.6. The van der Waals surface area contributed by atoms with E-state index >= 15 is 0 Å². The summed E-state index contributed by atoms with van der Waals surface area (Å²) in [4.78, 5) is 0. The molecule has 0 aliphatic carbocycles. The second kappa shape index (κ2) is 34.1. The van der Waals surface area contributed by atoms with E-state index in [9.17, 15) is 10.4 Å². The minimum atomic E-state index is -1.85. The number of hydrogen-bond donors (Lipinski definition) is 1. The first-order valence-corrected chi connectivity index (χ1v) is 28.0. The Morgan fingerprint density at radius 1 is 0.271 bits per heavy atom. The molecule has 494 valence electrons. The van der Waals surface area contributed by atoms with Crippen LogP contribution in [-0.2, 0) is 137 Å². The first-order chi connectivity index (χ1) is 41.3. The SMILES string of the molecule is COC[C@H]1O[C@@H]2O[C@H]3[C@H](OC)[C@@H](OC)[C@H](O[C@@H]3[C@@H](O)C#N)O[C@H]3[C@H](OC)[C@@H](OC)[C@@H](O[C@H]4[C@H](OC)[C@@H](OC)[C@@H](O[C@H]5[C@H](OC)[C@@H](OC)[C@@H](O[C@H]6[C@H](OC)[C@@H](OC)[C@@H](O[C@H]1[C@H](OC)[C@H]2OC)O[C@@H]6COC)O[C@@H]5COC)O[C@@H]4COC)O[C@@H]3COC. The molecule has 0 saturated carbocycles. The summed E-state index contributed by atoms with van der Waals surface area (Å²) in [6, 6.07) is 1.88. The van der Waals surface area contributed by atoms with Crippen molar-refractivity contribution in [3.05, 3.63) is 0 Å². The second-order valence-corrected chi connectivity index (χ2v) is 21.0. The van der Waals surface area contributed by atoms with Crippen molar-refractivity contribution in [3.63, 3.8) is 0 Å². The third-order valence-electron chi connectivity index (χ3n) is 16.6. The average Bonchev–Trinajstić information content (AvgIpc) is 1.36. The van der Waals surface area contributed by atoms with Crippen LogP contribution in [0.2, 0.25) is 0 Å². The Bertz CT molecular complexity index is 1940. The molecule has 0 aromatic rings. The van der Waals surface area contributed by atoms with E-state index in [-0.39, 0.29) is 33.0 Å². The smallest absolute Gasteiger partial charge is 0.187 e. The molecule has 22 aliphatic rings. The highest BCUT2D eigenvalue weighted by Gasteiger charge is 2.61. The summed E-state index contributed by atoms with van der Waals surface area (Å²) in [7, 11) is 25.0. The molecule has 0 aromatic carbocycles. The molecule has 22 aliphatic heterocycles. The van der Waals surface area contributed by atoms with Crippen molar-refractivity contribution in [1.82, 2.24) is 0 Å². The maximum Gasteiger partial charge on any atom is 0.187 e. The third kappa shape index (κ3) is 15.1. The lowest BCUT2D eigenvalue weighted by atomic mass is 9.93. The number of hydrogen-bond acceptors (Lipinski definition) is 31. The van der Waals surface area contributed by atoms with Gasteiger partial charge in [0.2, 0.25) is 0 Å². The summed E-state index contributed by atoms with van der Waals surface area (Å²) in [6.07, 6.45) is -34.7. The Labute approximate surface area is 497 Å². The molecule has 85 heavy (non-hydrogen) atoms. The predicted octanol–water partition coefficient (Wildman–Crippen LogP) is -2.04.